The first-order chi connectivity index (χ1) is 7.21. The minimum atomic E-state index is -4.44. The average Bonchev–Trinajstić information content (AvgIpc) is 2.64. The molecule has 0 spiro atoms. The van der Waals surface area contributed by atoms with Crippen molar-refractivity contribution < 1.29 is 18.3 Å². The fraction of sp³-hybridized carbons (Fsp3) is 0.700. The van der Waals surface area contributed by atoms with Crippen molar-refractivity contribution in [3.8, 4) is 0 Å². The van der Waals surface area contributed by atoms with Crippen LogP contribution < -0.4 is 0 Å². The van der Waals surface area contributed by atoms with Crippen LogP contribution in [0.1, 0.15) is 37.1 Å². The Labute approximate surface area is 96.1 Å². The van der Waals surface area contributed by atoms with Crippen LogP contribution in [0.25, 0.3) is 0 Å². The highest BCUT2D eigenvalue weighted by atomic mass is 32.1. The number of hydrogen-bond donors (Lipinski definition) is 1. The molecule has 92 valence electrons. The van der Waals surface area contributed by atoms with Crippen LogP contribution in [0.2, 0.25) is 0 Å². The molecular formula is C10H14F3NOS. The zero-order valence-corrected chi connectivity index (χ0v) is 10.1. The molecule has 1 aromatic heterocycles. The van der Waals surface area contributed by atoms with E-state index >= 15 is 0 Å². The van der Waals surface area contributed by atoms with E-state index in [0.29, 0.717) is 17.8 Å². The molecule has 0 amide bonds. The summed E-state index contributed by atoms with van der Waals surface area (Å²) in [6.07, 6.45) is -2.95. The third-order valence-corrected chi connectivity index (χ3v) is 3.88. The van der Waals surface area contributed by atoms with Crippen LogP contribution in [0, 0.1) is 5.92 Å². The van der Waals surface area contributed by atoms with Crippen LogP contribution in [0.5, 0.6) is 0 Å². The van der Waals surface area contributed by atoms with Crippen molar-refractivity contribution in [1.82, 2.24) is 4.98 Å². The van der Waals surface area contributed by atoms with Gasteiger partial charge in [-0.2, -0.15) is 13.2 Å². The van der Waals surface area contributed by atoms with E-state index in [1.165, 1.54) is 0 Å². The van der Waals surface area contributed by atoms with Crippen molar-refractivity contribution in [1.29, 1.82) is 0 Å². The molecule has 1 atom stereocenters. The molecule has 6 heteroatoms. The lowest BCUT2D eigenvalue weighted by Crippen LogP contribution is -2.30. The normalized spacial score (nSPS) is 16.5. The van der Waals surface area contributed by atoms with Crippen molar-refractivity contribution in [2.24, 2.45) is 5.92 Å². The zero-order valence-electron chi connectivity index (χ0n) is 9.30. The molecule has 1 N–H and O–H groups in total. The summed E-state index contributed by atoms with van der Waals surface area (Å²) < 4.78 is 37.1. The summed E-state index contributed by atoms with van der Waals surface area (Å²) in [5, 5.41) is 9.34. The SMILES string of the molecule is CCC(O)(c1cnc(C(F)(F)F)s1)C(C)C. The molecule has 0 aliphatic carbocycles. The number of aliphatic hydroxyl groups is 1. The van der Waals surface area contributed by atoms with Gasteiger partial charge >= 0.3 is 6.18 Å². The number of alkyl halides is 3. The summed E-state index contributed by atoms with van der Waals surface area (Å²) in [5.41, 5.74) is -1.22. The maximum Gasteiger partial charge on any atom is 0.443 e. The molecule has 1 unspecified atom stereocenters. The molecule has 0 fully saturated rings. The number of rotatable bonds is 3. The van der Waals surface area contributed by atoms with Crippen molar-refractivity contribution in [3.63, 3.8) is 0 Å². The highest BCUT2D eigenvalue weighted by molar-refractivity contribution is 7.11. The number of halogens is 3. The van der Waals surface area contributed by atoms with Gasteiger partial charge < -0.3 is 5.11 Å². The van der Waals surface area contributed by atoms with Gasteiger partial charge in [-0.3, -0.25) is 0 Å². The van der Waals surface area contributed by atoms with Crippen LogP contribution in [0.15, 0.2) is 6.20 Å². The molecular weight excluding hydrogens is 239 g/mol. The van der Waals surface area contributed by atoms with Crippen LogP contribution in [-0.2, 0) is 11.8 Å². The van der Waals surface area contributed by atoms with E-state index in [4.69, 9.17) is 0 Å². The van der Waals surface area contributed by atoms with Crippen molar-refractivity contribution in [2.75, 3.05) is 0 Å². The van der Waals surface area contributed by atoms with Crippen molar-refractivity contribution in [3.05, 3.63) is 16.1 Å². The molecule has 0 saturated heterocycles. The summed E-state index contributed by atoms with van der Waals surface area (Å²) in [5.74, 6) is -0.154. The van der Waals surface area contributed by atoms with Crippen molar-refractivity contribution in [2.45, 2.75) is 39.0 Å². The van der Waals surface area contributed by atoms with E-state index in [1.54, 1.807) is 20.8 Å². The van der Waals surface area contributed by atoms with E-state index in [-0.39, 0.29) is 10.8 Å². The third kappa shape index (κ3) is 2.38. The maximum atomic E-state index is 12.4. The smallest absolute Gasteiger partial charge is 0.384 e. The Hall–Kier alpha value is -0.620. The summed E-state index contributed by atoms with van der Waals surface area (Å²) >= 11 is 0.514. The third-order valence-electron chi connectivity index (χ3n) is 2.67. The Bertz CT molecular complexity index is 361. The Morgan fingerprint density at radius 2 is 2.00 bits per heavy atom. The lowest BCUT2D eigenvalue weighted by molar-refractivity contribution is -0.137. The quantitative estimate of drug-likeness (QED) is 0.895. The second-order valence-corrected chi connectivity index (χ2v) is 4.99. The van der Waals surface area contributed by atoms with Gasteiger partial charge in [0.25, 0.3) is 0 Å². The summed E-state index contributed by atoms with van der Waals surface area (Å²) in [6.45, 7) is 5.29. The Morgan fingerprint density at radius 3 is 2.31 bits per heavy atom. The molecule has 0 aliphatic rings. The Balaban J connectivity index is 3.10. The largest absolute Gasteiger partial charge is 0.443 e. The minimum Gasteiger partial charge on any atom is -0.384 e. The zero-order chi connectivity index (χ0) is 12.6. The number of hydrogen-bond acceptors (Lipinski definition) is 3. The van der Waals surface area contributed by atoms with E-state index in [2.05, 4.69) is 4.98 Å². The summed E-state index contributed by atoms with van der Waals surface area (Å²) in [6, 6.07) is 0. The van der Waals surface area contributed by atoms with Crippen LogP contribution in [0.3, 0.4) is 0 Å². The van der Waals surface area contributed by atoms with Gasteiger partial charge in [0, 0.05) is 6.20 Å². The number of thiazole rings is 1. The minimum absolute atomic E-state index is 0.154. The lowest BCUT2D eigenvalue weighted by Gasteiger charge is -2.29. The van der Waals surface area contributed by atoms with Crippen LogP contribution in [0.4, 0.5) is 13.2 Å². The van der Waals surface area contributed by atoms with Gasteiger partial charge in [0.15, 0.2) is 5.01 Å². The molecule has 1 heterocycles. The van der Waals surface area contributed by atoms with Gasteiger partial charge in [-0.05, 0) is 12.3 Å². The monoisotopic (exact) mass is 253 g/mol. The molecule has 0 aromatic carbocycles. The van der Waals surface area contributed by atoms with Gasteiger partial charge in [0.2, 0.25) is 0 Å². The van der Waals surface area contributed by atoms with Gasteiger partial charge in [-0.1, -0.05) is 20.8 Å². The molecule has 0 saturated carbocycles. The molecule has 0 radical (unpaired) electrons. The van der Waals surface area contributed by atoms with Crippen LogP contribution >= 0.6 is 11.3 Å². The summed E-state index contributed by atoms with van der Waals surface area (Å²) in [7, 11) is 0. The van der Waals surface area contributed by atoms with Gasteiger partial charge in [0.05, 0.1) is 4.88 Å². The second kappa shape index (κ2) is 4.33. The molecule has 1 aromatic rings. The molecule has 1 rings (SSSR count). The predicted octanol–water partition coefficient (Wildman–Crippen LogP) is 3.42. The van der Waals surface area contributed by atoms with E-state index < -0.39 is 16.8 Å². The topological polar surface area (TPSA) is 33.1 Å². The van der Waals surface area contributed by atoms with Gasteiger partial charge in [-0.15, -0.1) is 11.3 Å². The standard InChI is InChI=1S/C10H14F3NOS/c1-4-9(15,6(2)3)7-5-14-8(16-7)10(11,12)13/h5-6,15H,4H2,1-3H3. The highest BCUT2D eigenvalue weighted by Crippen LogP contribution is 2.40. The first kappa shape index (κ1) is 13.4. The molecule has 16 heavy (non-hydrogen) atoms. The van der Waals surface area contributed by atoms with E-state index in [1.807, 2.05) is 0 Å². The number of aromatic nitrogens is 1. The average molecular weight is 253 g/mol. The highest BCUT2D eigenvalue weighted by Gasteiger charge is 2.39. The van der Waals surface area contributed by atoms with Crippen molar-refractivity contribution >= 4 is 11.3 Å². The van der Waals surface area contributed by atoms with Gasteiger partial charge in [-0.25, -0.2) is 4.98 Å². The van der Waals surface area contributed by atoms with Crippen LogP contribution in [-0.4, -0.2) is 10.1 Å². The molecule has 0 aliphatic heterocycles. The lowest BCUT2D eigenvalue weighted by atomic mass is 9.87. The fourth-order valence-corrected chi connectivity index (χ4v) is 2.56. The molecule has 0 bridgehead atoms. The maximum absolute atomic E-state index is 12.4. The second-order valence-electron chi connectivity index (χ2n) is 3.96. The Kier molecular flexibility index (Phi) is 3.64. The molecule has 2 nitrogen and oxygen atoms in total. The van der Waals surface area contributed by atoms with E-state index in [9.17, 15) is 18.3 Å². The first-order valence-corrected chi connectivity index (χ1v) is 5.79. The first-order valence-electron chi connectivity index (χ1n) is 4.97. The fourth-order valence-electron chi connectivity index (χ4n) is 1.47. The summed E-state index contributed by atoms with van der Waals surface area (Å²) in [4.78, 5) is 3.59. The van der Waals surface area contributed by atoms with Gasteiger partial charge in [0.1, 0.15) is 5.60 Å². The Morgan fingerprint density at radius 1 is 1.44 bits per heavy atom. The van der Waals surface area contributed by atoms with E-state index in [0.717, 1.165) is 6.20 Å². The predicted molar refractivity (Wildman–Crippen MR) is 56.1 cm³/mol. The number of nitrogens with zero attached hydrogens (tertiary/aromatic N) is 1.